The van der Waals surface area contributed by atoms with Crippen molar-refractivity contribution in [3.8, 4) is 0 Å². The van der Waals surface area contributed by atoms with Crippen molar-refractivity contribution in [3.63, 3.8) is 0 Å². The molecule has 0 aliphatic heterocycles. The smallest absolute Gasteiger partial charge is 0.200 e. The minimum atomic E-state index is 0.197. The third kappa shape index (κ3) is 3.92. The average Bonchev–Trinajstić information content (AvgIpc) is 2.49. The molecule has 0 spiro atoms. The van der Waals surface area contributed by atoms with Gasteiger partial charge in [0.05, 0.1) is 0 Å². The van der Waals surface area contributed by atoms with Gasteiger partial charge in [0, 0.05) is 17.4 Å². The topological polar surface area (TPSA) is 39.1 Å². The summed E-state index contributed by atoms with van der Waals surface area (Å²) in [6.45, 7) is 10.6. The Labute approximate surface area is 139 Å². The lowest BCUT2D eigenvalue weighted by Gasteiger charge is -2.31. The van der Waals surface area contributed by atoms with E-state index in [-0.39, 0.29) is 6.04 Å². The normalized spacial score (nSPS) is 10.9. The third-order valence-corrected chi connectivity index (χ3v) is 3.97. The molecule has 2 aromatic rings. The van der Waals surface area contributed by atoms with E-state index >= 15 is 0 Å². The number of nitrogens with zero attached hydrogens (tertiary/aromatic N) is 1. The minimum absolute atomic E-state index is 0.197. The van der Waals surface area contributed by atoms with Gasteiger partial charge >= 0.3 is 0 Å². The fourth-order valence-electron chi connectivity index (χ4n) is 2.79. The molecule has 3 heteroatoms. The van der Waals surface area contributed by atoms with Gasteiger partial charge in [0.2, 0.25) is 0 Å². The van der Waals surface area contributed by atoms with Gasteiger partial charge in [-0.15, -0.1) is 0 Å². The molecule has 0 fully saturated rings. The van der Waals surface area contributed by atoms with Crippen LogP contribution in [0.4, 0.5) is 11.4 Å². The summed E-state index contributed by atoms with van der Waals surface area (Å²) >= 11 is 0. The van der Waals surface area contributed by atoms with Gasteiger partial charge in [-0.25, -0.2) is 0 Å². The van der Waals surface area contributed by atoms with E-state index in [2.05, 4.69) is 58.1 Å². The van der Waals surface area contributed by atoms with Crippen molar-refractivity contribution in [1.29, 1.82) is 5.41 Å². The largest absolute Gasteiger partial charge is 0.326 e. The first-order valence-corrected chi connectivity index (χ1v) is 8.21. The number of guanidine groups is 1. The van der Waals surface area contributed by atoms with E-state index in [0.717, 1.165) is 11.4 Å². The number of rotatable bonds is 4. The zero-order valence-corrected chi connectivity index (χ0v) is 14.7. The number of benzene rings is 2. The van der Waals surface area contributed by atoms with Crippen LogP contribution in [0.5, 0.6) is 0 Å². The van der Waals surface area contributed by atoms with Crippen molar-refractivity contribution in [1.82, 2.24) is 0 Å². The quantitative estimate of drug-likeness (QED) is 0.588. The summed E-state index contributed by atoms with van der Waals surface area (Å²) in [6, 6.07) is 16.6. The van der Waals surface area contributed by atoms with Crippen LogP contribution in [-0.4, -0.2) is 12.0 Å². The second kappa shape index (κ2) is 7.32. The number of nitrogens with one attached hydrogen (secondary N) is 2. The molecule has 0 heterocycles. The Morgan fingerprint density at radius 1 is 0.957 bits per heavy atom. The highest BCUT2D eigenvalue weighted by Crippen LogP contribution is 2.26. The van der Waals surface area contributed by atoms with Crippen LogP contribution in [0, 0.1) is 12.3 Å². The zero-order chi connectivity index (χ0) is 17.0. The molecule has 0 radical (unpaired) electrons. The van der Waals surface area contributed by atoms with Crippen molar-refractivity contribution < 1.29 is 0 Å². The van der Waals surface area contributed by atoms with Crippen molar-refractivity contribution in [2.75, 3.05) is 10.2 Å². The first-order chi connectivity index (χ1) is 10.9. The van der Waals surface area contributed by atoms with Crippen molar-refractivity contribution >= 4 is 17.3 Å². The van der Waals surface area contributed by atoms with Crippen LogP contribution < -0.4 is 10.2 Å². The SMILES string of the molecule is Cc1ccccc1N(C(=N)Nc1ccccc1C(C)C)C(C)C. The summed E-state index contributed by atoms with van der Waals surface area (Å²) < 4.78 is 0. The number of hydrogen-bond acceptors (Lipinski definition) is 1. The second-order valence-corrected chi connectivity index (χ2v) is 6.47. The summed E-state index contributed by atoms with van der Waals surface area (Å²) in [5.74, 6) is 0.819. The van der Waals surface area contributed by atoms with E-state index in [9.17, 15) is 0 Å². The average molecular weight is 309 g/mol. The molecule has 23 heavy (non-hydrogen) atoms. The maximum atomic E-state index is 8.60. The van der Waals surface area contributed by atoms with Gasteiger partial charge in [-0.05, 0) is 49.9 Å². The Hall–Kier alpha value is -2.29. The summed E-state index contributed by atoms with van der Waals surface area (Å²) in [5.41, 5.74) is 4.48. The molecule has 2 aromatic carbocycles. The zero-order valence-electron chi connectivity index (χ0n) is 14.7. The van der Waals surface area contributed by atoms with Gasteiger partial charge < -0.3 is 10.2 Å². The molecule has 3 nitrogen and oxygen atoms in total. The highest BCUT2D eigenvalue weighted by Gasteiger charge is 2.18. The van der Waals surface area contributed by atoms with Gasteiger partial charge in [0.15, 0.2) is 5.96 Å². The van der Waals surface area contributed by atoms with Gasteiger partial charge in [-0.3, -0.25) is 5.41 Å². The minimum Gasteiger partial charge on any atom is -0.326 e. The van der Waals surface area contributed by atoms with Crippen LogP contribution in [0.3, 0.4) is 0 Å². The number of para-hydroxylation sites is 2. The lowest BCUT2D eigenvalue weighted by Crippen LogP contribution is -2.41. The molecule has 0 unspecified atom stereocenters. The Morgan fingerprint density at radius 2 is 1.57 bits per heavy atom. The highest BCUT2D eigenvalue weighted by atomic mass is 15.3. The Bertz CT molecular complexity index is 674. The van der Waals surface area contributed by atoms with E-state index in [1.165, 1.54) is 11.1 Å². The van der Waals surface area contributed by atoms with Crippen LogP contribution in [0.2, 0.25) is 0 Å². The molecule has 0 aliphatic rings. The Balaban J connectivity index is 2.32. The first kappa shape index (κ1) is 17.1. The van der Waals surface area contributed by atoms with E-state index in [1.54, 1.807) is 0 Å². The number of aryl methyl sites for hydroxylation is 1. The van der Waals surface area contributed by atoms with E-state index in [0.29, 0.717) is 11.9 Å². The van der Waals surface area contributed by atoms with Crippen LogP contribution in [0.25, 0.3) is 0 Å². The third-order valence-electron chi connectivity index (χ3n) is 3.97. The van der Waals surface area contributed by atoms with E-state index in [1.807, 2.05) is 35.2 Å². The predicted molar refractivity (Wildman–Crippen MR) is 101 cm³/mol. The van der Waals surface area contributed by atoms with Crippen molar-refractivity contribution in [3.05, 3.63) is 59.7 Å². The van der Waals surface area contributed by atoms with Gasteiger partial charge in [0.25, 0.3) is 0 Å². The molecule has 0 bridgehead atoms. The fourth-order valence-corrected chi connectivity index (χ4v) is 2.79. The summed E-state index contributed by atoms with van der Waals surface area (Å²) in [7, 11) is 0. The van der Waals surface area contributed by atoms with Gasteiger partial charge in [-0.2, -0.15) is 0 Å². The second-order valence-electron chi connectivity index (χ2n) is 6.47. The van der Waals surface area contributed by atoms with Crippen molar-refractivity contribution in [2.45, 2.75) is 46.6 Å². The molecule has 0 saturated heterocycles. The Kier molecular flexibility index (Phi) is 5.43. The lowest BCUT2D eigenvalue weighted by molar-refractivity contribution is 0.799. The van der Waals surface area contributed by atoms with E-state index in [4.69, 9.17) is 5.41 Å². The number of hydrogen-bond donors (Lipinski definition) is 2. The molecule has 122 valence electrons. The molecule has 0 aliphatic carbocycles. The standard InChI is InChI=1S/C20H27N3/c1-14(2)17-11-7-8-12-18(17)22-20(21)23(15(3)4)19-13-9-6-10-16(19)5/h6-15H,1-5H3,(H2,21,22). The Morgan fingerprint density at radius 3 is 2.17 bits per heavy atom. The predicted octanol–water partition coefficient (Wildman–Crippen LogP) is 5.38. The maximum Gasteiger partial charge on any atom is 0.200 e. The molecule has 0 aromatic heterocycles. The van der Waals surface area contributed by atoms with Crippen LogP contribution in [0.15, 0.2) is 48.5 Å². The summed E-state index contributed by atoms with van der Waals surface area (Å²) in [6.07, 6.45) is 0. The molecule has 0 atom stereocenters. The van der Waals surface area contributed by atoms with E-state index < -0.39 is 0 Å². The van der Waals surface area contributed by atoms with Crippen LogP contribution in [0.1, 0.15) is 44.7 Å². The van der Waals surface area contributed by atoms with Crippen molar-refractivity contribution in [2.24, 2.45) is 0 Å². The molecular formula is C20H27N3. The summed E-state index contributed by atoms with van der Waals surface area (Å²) in [4.78, 5) is 2.03. The molecule has 2 rings (SSSR count). The van der Waals surface area contributed by atoms with Crippen LogP contribution in [-0.2, 0) is 0 Å². The van der Waals surface area contributed by atoms with Gasteiger partial charge in [0.1, 0.15) is 0 Å². The molecule has 0 saturated carbocycles. The lowest BCUT2D eigenvalue weighted by atomic mass is 10.0. The van der Waals surface area contributed by atoms with Crippen LogP contribution >= 0.6 is 0 Å². The molecular weight excluding hydrogens is 282 g/mol. The highest BCUT2D eigenvalue weighted by molar-refractivity contribution is 6.04. The summed E-state index contributed by atoms with van der Waals surface area (Å²) in [5, 5.41) is 11.9. The molecule has 2 N–H and O–H groups in total. The maximum absolute atomic E-state index is 8.60. The number of anilines is 2. The fraction of sp³-hybridized carbons (Fsp3) is 0.350. The molecule has 0 amide bonds. The first-order valence-electron chi connectivity index (χ1n) is 8.21. The monoisotopic (exact) mass is 309 g/mol. The van der Waals surface area contributed by atoms with Gasteiger partial charge in [-0.1, -0.05) is 50.2 Å².